The molecule has 0 radical (unpaired) electrons. The average molecular weight is 267 g/mol. The zero-order valence-corrected chi connectivity index (χ0v) is 12.5. The van der Waals surface area contributed by atoms with Gasteiger partial charge in [-0.15, -0.1) is 0 Å². The molecule has 110 valence electrons. The second-order valence-electron chi connectivity index (χ2n) is 6.76. The quantitative estimate of drug-likeness (QED) is 0.818. The topological polar surface area (TPSA) is 27.7 Å². The van der Waals surface area contributed by atoms with Gasteiger partial charge in [0.2, 0.25) is 0 Å². The van der Waals surface area contributed by atoms with E-state index in [0.29, 0.717) is 12.1 Å². The minimum absolute atomic E-state index is 0.425. The molecule has 4 nitrogen and oxygen atoms in total. The largest absolute Gasteiger partial charge is 0.374 e. The maximum Gasteiger partial charge on any atom is 0.0829 e. The van der Waals surface area contributed by atoms with Crippen LogP contribution < -0.4 is 5.32 Å². The number of morpholine rings is 1. The number of piperazine rings is 1. The number of rotatable bonds is 3. The predicted molar refractivity (Wildman–Crippen MR) is 77.4 cm³/mol. The lowest BCUT2D eigenvalue weighted by Gasteiger charge is -2.43. The molecule has 3 aliphatic heterocycles. The fraction of sp³-hybridized carbons (Fsp3) is 1.00. The normalized spacial score (nSPS) is 37.7. The molecular weight excluding hydrogens is 238 g/mol. The Morgan fingerprint density at radius 2 is 2.21 bits per heavy atom. The zero-order chi connectivity index (χ0) is 13.2. The van der Waals surface area contributed by atoms with E-state index in [1.54, 1.807) is 0 Å². The van der Waals surface area contributed by atoms with E-state index in [1.165, 1.54) is 25.9 Å². The second-order valence-corrected chi connectivity index (χ2v) is 6.76. The van der Waals surface area contributed by atoms with Crippen molar-refractivity contribution in [2.75, 3.05) is 45.9 Å². The third kappa shape index (κ3) is 3.13. The SMILES string of the molecule is CC(C)C1CNCCN1CC1CN2CCCC2CO1. The van der Waals surface area contributed by atoms with E-state index in [1.807, 2.05) is 0 Å². The van der Waals surface area contributed by atoms with Crippen LogP contribution in [0.5, 0.6) is 0 Å². The fourth-order valence-corrected chi connectivity index (χ4v) is 3.91. The van der Waals surface area contributed by atoms with Crippen LogP contribution in [0.2, 0.25) is 0 Å². The van der Waals surface area contributed by atoms with Crippen molar-refractivity contribution in [2.24, 2.45) is 5.92 Å². The van der Waals surface area contributed by atoms with Crippen LogP contribution in [0.25, 0.3) is 0 Å². The van der Waals surface area contributed by atoms with Gasteiger partial charge in [-0.25, -0.2) is 0 Å². The third-order valence-electron chi connectivity index (χ3n) is 5.07. The molecule has 0 aliphatic carbocycles. The van der Waals surface area contributed by atoms with Crippen molar-refractivity contribution in [2.45, 2.75) is 44.9 Å². The lowest BCUT2D eigenvalue weighted by molar-refractivity contribution is -0.0696. The third-order valence-corrected chi connectivity index (χ3v) is 5.07. The molecule has 0 bridgehead atoms. The molecule has 0 aromatic rings. The number of hydrogen-bond donors (Lipinski definition) is 1. The molecule has 0 aromatic carbocycles. The Bertz CT molecular complexity index is 297. The van der Waals surface area contributed by atoms with Gasteiger partial charge in [-0.1, -0.05) is 13.8 Å². The van der Waals surface area contributed by atoms with Gasteiger partial charge < -0.3 is 10.1 Å². The molecule has 4 heteroatoms. The van der Waals surface area contributed by atoms with E-state index in [2.05, 4.69) is 29.0 Å². The summed E-state index contributed by atoms with van der Waals surface area (Å²) in [6.07, 6.45) is 3.13. The standard InChI is InChI=1S/C15H29N3O/c1-12(2)15-8-16-5-7-18(15)10-14-9-17-6-3-4-13(17)11-19-14/h12-16H,3-11H2,1-2H3. The Kier molecular flexibility index (Phi) is 4.42. The summed E-state index contributed by atoms with van der Waals surface area (Å²) in [7, 11) is 0. The minimum Gasteiger partial charge on any atom is -0.374 e. The molecule has 0 spiro atoms. The van der Waals surface area contributed by atoms with Gasteiger partial charge in [-0.3, -0.25) is 9.80 Å². The van der Waals surface area contributed by atoms with Crippen LogP contribution in [0.1, 0.15) is 26.7 Å². The fourth-order valence-electron chi connectivity index (χ4n) is 3.91. The molecule has 3 aliphatic rings. The highest BCUT2D eigenvalue weighted by atomic mass is 16.5. The van der Waals surface area contributed by atoms with E-state index in [9.17, 15) is 0 Å². The molecule has 1 N–H and O–H groups in total. The van der Waals surface area contributed by atoms with E-state index >= 15 is 0 Å². The molecule has 3 atom stereocenters. The Morgan fingerprint density at radius 3 is 3.05 bits per heavy atom. The van der Waals surface area contributed by atoms with Gasteiger partial charge in [0.15, 0.2) is 0 Å². The minimum atomic E-state index is 0.425. The number of ether oxygens (including phenoxy) is 1. The van der Waals surface area contributed by atoms with Gasteiger partial charge >= 0.3 is 0 Å². The molecule has 3 rings (SSSR count). The van der Waals surface area contributed by atoms with E-state index in [0.717, 1.165) is 44.7 Å². The summed E-state index contributed by atoms with van der Waals surface area (Å²) in [6.45, 7) is 12.6. The number of nitrogens with one attached hydrogen (secondary N) is 1. The Morgan fingerprint density at radius 1 is 1.32 bits per heavy atom. The van der Waals surface area contributed by atoms with Crippen LogP contribution in [0.15, 0.2) is 0 Å². The lowest BCUT2D eigenvalue weighted by Crippen LogP contribution is -2.58. The molecule has 19 heavy (non-hydrogen) atoms. The summed E-state index contributed by atoms with van der Waals surface area (Å²) in [5, 5.41) is 3.53. The zero-order valence-electron chi connectivity index (χ0n) is 12.5. The molecule has 0 aromatic heterocycles. The summed E-state index contributed by atoms with van der Waals surface area (Å²) in [6, 6.07) is 1.40. The first kappa shape index (κ1) is 13.8. The van der Waals surface area contributed by atoms with Gasteiger partial charge in [0.1, 0.15) is 0 Å². The van der Waals surface area contributed by atoms with Crippen molar-refractivity contribution in [3.8, 4) is 0 Å². The maximum absolute atomic E-state index is 6.12. The first-order chi connectivity index (χ1) is 9.24. The van der Waals surface area contributed by atoms with Crippen molar-refractivity contribution in [3.63, 3.8) is 0 Å². The highest BCUT2D eigenvalue weighted by Crippen LogP contribution is 2.24. The van der Waals surface area contributed by atoms with Gasteiger partial charge in [-0.05, 0) is 25.3 Å². The van der Waals surface area contributed by atoms with Crippen LogP contribution in [0.4, 0.5) is 0 Å². The molecule has 3 heterocycles. The second kappa shape index (κ2) is 6.08. The molecule has 3 fully saturated rings. The van der Waals surface area contributed by atoms with Gasteiger partial charge in [0.05, 0.1) is 12.7 Å². The Labute approximate surface area is 117 Å². The first-order valence-corrected chi connectivity index (χ1v) is 8.04. The maximum atomic E-state index is 6.12. The van der Waals surface area contributed by atoms with Crippen LogP contribution in [0.3, 0.4) is 0 Å². The highest BCUT2D eigenvalue weighted by molar-refractivity contribution is 4.89. The molecule has 0 amide bonds. The van der Waals surface area contributed by atoms with Crippen molar-refractivity contribution in [1.82, 2.24) is 15.1 Å². The number of hydrogen-bond acceptors (Lipinski definition) is 4. The Balaban J connectivity index is 1.54. The van der Waals surface area contributed by atoms with Crippen molar-refractivity contribution < 1.29 is 4.74 Å². The molecule has 3 saturated heterocycles. The van der Waals surface area contributed by atoms with E-state index in [-0.39, 0.29) is 0 Å². The van der Waals surface area contributed by atoms with Crippen LogP contribution >= 0.6 is 0 Å². The number of nitrogens with zero attached hydrogens (tertiary/aromatic N) is 2. The van der Waals surface area contributed by atoms with Crippen molar-refractivity contribution in [1.29, 1.82) is 0 Å². The summed E-state index contributed by atoms with van der Waals surface area (Å²) >= 11 is 0. The molecule has 3 unspecified atom stereocenters. The summed E-state index contributed by atoms with van der Waals surface area (Å²) < 4.78 is 6.12. The average Bonchev–Trinajstić information content (AvgIpc) is 2.86. The van der Waals surface area contributed by atoms with Gasteiger partial charge in [0.25, 0.3) is 0 Å². The first-order valence-electron chi connectivity index (χ1n) is 8.04. The monoisotopic (exact) mass is 267 g/mol. The summed E-state index contributed by atoms with van der Waals surface area (Å²) in [4.78, 5) is 5.31. The van der Waals surface area contributed by atoms with Gasteiger partial charge in [0, 0.05) is 44.8 Å². The van der Waals surface area contributed by atoms with Crippen LogP contribution in [0, 0.1) is 5.92 Å². The predicted octanol–water partition coefficient (Wildman–Crippen LogP) is 0.779. The van der Waals surface area contributed by atoms with Crippen LogP contribution in [-0.2, 0) is 4.74 Å². The van der Waals surface area contributed by atoms with Crippen molar-refractivity contribution in [3.05, 3.63) is 0 Å². The van der Waals surface area contributed by atoms with Crippen LogP contribution in [-0.4, -0.2) is 73.9 Å². The van der Waals surface area contributed by atoms with Crippen molar-refractivity contribution >= 4 is 0 Å². The summed E-state index contributed by atoms with van der Waals surface area (Å²) in [5.41, 5.74) is 0. The molecule has 0 saturated carbocycles. The summed E-state index contributed by atoms with van der Waals surface area (Å²) in [5.74, 6) is 0.718. The lowest BCUT2D eigenvalue weighted by atomic mass is 10.00. The Hall–Kier alpha value is -0.160. The smallest absolute Gasteiger partial charge is 0.0829 e. The molecular formula is C15H29N3O. The number of fused-ring (bicyclic) bond motifs is 1. The van der Waals surface area contributed by atoms with E-state index in [4.69, 9.17) is 4.74 Å². The van der Waals surface area contributed by atoms with E-state index < -0.39 is 0 Å². The van der Waals surface area contributed by atoms with Gasteiger partial charge in [-0.2, -0.15) is 0 Å². The highest BCUT2D eigenvalue weighted by Gasteiger charge is 2.34.